The molecule has 2 aromatic rings. The smallest absolute Gasteiger partial charge is 0.328 e. The molecule has 1 saturated heterocycles. The van der Waals surface area contributed by atoms with Crippen LogP contribution < -0.4 is 0 Å². The molecule has 2 atom stereocenters. The highest BCUT2D eigenvalue weighted by atomic mass is 16.5. The van der Waals surface area contributed by atoms with E-state index in [1.165, 1.54) is 7.11 Å². The molecule has 5 heteroatoms. The number of benzene rings is 2. The average Bonchev–Trinajstić information content (AvgIpc) is 3.27. The summed E-state index contributed by atoms with van der Waals surface area (Å²) in [4.78, 5) is 39.8. The molecule has 1 aliphatic rings. The van der Waals surface area contributed by atoms with Gasteiger partial charge in [-0.1, -0.05) is 68.4 Å². The van der Waals surface area contributed by atoms with Gasteiger partial charge in [0.05, 0.1) is 7.11 Å². The van der Waals surface area contributed by atoms with Crippen LogP contribution in [0.3, 0.4) is 0 Å². The lowest BCUT2D eigenvalue weighted by Crippen LogP contribution is -2.45. The molecule has 0 saturated carbocycles. The summed E-state index contributed by atoms with van der Waals surface area (Å²) in [5, 5.41) is 0. The van der Waals surface area contributed by atoms with Crippen molar-refractivity contribution < 1.29 is 19.1 Å². The van der Waals surface area contributed by atoms with Crippen molar-refractivity contribution in [2.75, 3.05) is 13.7 Å². The highest BCUT2D eigenvalue weighted by Gasteiger charge is 2.39. The number of esters is 1. The van der Waals surface area contributed by atoms with Crippen LogP contribution in [0.25, 0.3) is 11.1 Å². The number of amides is 1. The van der Waals surface area contributed by atoms with E-state index in [9.17, 15) is 14.4 Å². The van der Waals surface area contributed by atoms with Crippen LogP contribution in [-0.2, 0) is 14.3 Å². The number of methoxy groups -OCH3 is 1. The summed E-state index contributed by atoms with van der Waals surface area (Å²) in [6.45, 7) is 4.41. The first-order valence-corrected chi connectivity index (χ1v) is 10.5. The van der Waals surface area contributed by atoms with Gasteiger partial charge in [0, 0.05) is 24.4 Å². The molecule has 30 heavy (non-hydrogen) atoms. The molecule has 0 aliphatic carbocycles. The molecule has 2 aromatic carbocycles. The highest BCUT2D eigenvalue weighted by molar-refractivity contribution is 5.99. The normalized spacial score (nSPS) is 17.1. The monoisotopic (exact) mass is 407 g/mol. The second-order valence-electron chi connectivity index (χ2n) is 8.13. The Labute approximate surface area is 178 Å². The summed E-state index contributed by atoms with van der Waals surface area (Å²) in [6, 6.07) is 16.9. The molecule has 158 valence electrons. The molecule has 0 spiro atoms. The molecule has 1 fully saturated rings. The van der Waals surface area contributed by atoms with Crippen molar-refractivity contribution in [2.45, 2.75) is 39.2 Å². The van der Waals surface area contributed by atoms with E-state index in [0.29, 0.717) is 18.5 Å². The highest BCUT2D eigenvalue weighted by Crippen LogP contribution is 2.27. The number of Topliss-reactive ketones (excluding diaryl/α,β-unsaturated/α-hetero) is 1. The van der Waals surface area contributed by atoms with Crippen molar-refractivity contribution in [2.24, 2.45) is 11.8 Å². The summed E-state index contributed by atoms with van der Waals surface area (Å²) in [7, 11) is 1.34. The molecule has 1 aliphatic heterocycles. The van der Waals surface area contributed by atoms with E-state index in [2.05, 4.69) is 0 Å². The van der Waals surface area contributed by atoms with E-state index >= 15 is 0 Å². The fraction of sp³-hybridized carbons (Fsp3) is 0.400. The quantitative estimate of drug-likeness (QED) is 0.505. The first-order valence-electron chi connectivity index (χ1n) is 10.5. The Morgan fingerprint density at radius 3 is 2.23 bits per heavy atom. The zero-order chi connectivity index (χ0) is 21.7. The third kappa shape index (κ3) is 4.78. The van der Waals surface area contributed by atoms with Crippen LogP contribution in [0.2, 0.25) is 0 Å². The number of rotatable bonds is 7. The summed E-state index contributed by atoms with van der Waals surface area (Å²) < 4.78 is 4.85. The van der Waals surface area contributed by atoms with Crippen molar-refractivity contribution in [1.29, 1.82) is 0 Å². The van der Waals surface area contributed by atoms with Crippen molar-refractivity contribution in [3.8, 4) is 11.1 Å². The molecule has 0 aromatic heterocycles. The van der Waals surface area contributed by atoms with Gasteiger partial charge in [-0.2, -0.15) is 0 Å². The number of carbonyl (C=O) groups is 3. The largest absolute Gasteiger partial charge is 0.467 e. The number of carbonyl (C=O) groups excluding carboxylic acids is 3. The summed E-state index contributed by atoms with van der Waals surface area (Å²) >= 11 is 0. The third-order valence-corrected chi connectivity index (χ3v) is 5.85. The predicted octanol–water partition coefficient (Wildman–Crippen LogP) is 4.36. The standard InChI is InChI=1S/C25H29NO4/c1-17(2)21(24(28)26-15-7-10-22(26)25(29)30-3)16-23(27)20-13-11-19(12-14-20)18-8-5-4-6-9-18/h4-6,8-9,11-14,17,21-22H,7,10,15-16H2,1-3H3/t21-,22-/m0/s1. The maximum atomic E-state index is 13.2. The van der Waals surface area contributed by atoms with Crippen LogP contribution in [-0.4, -0.2) is 42.3 Å². The number of hydrogen-bond acceptors (Lipinski definition) is 4. The molecule has 3 rings (SSSR count). The van der Waals surface area contributed by atoms with Crippen molar-refractivity contribution in [3.63, 3.8) is 0 Å². The topological polar surface area (TPSA) is 63.7 Å². The number of ketones is 1. The van der Waals surface area contributed by atoms with E-state index in [-0.39, 0.29) is 30.0 Å². The number of nitrogens with zero attached hydrogens (tertiary/aromatic N) is 1. The zero-order valence-corrected chi connectivity index (χ0v) is 17.8. The van der Waals surface area contributed by atoms with Crippen molar-refractivity contribution >= 4 is 17.7 Å². The molecule has 0 N–H and O–H groups in total. The molecule has 1 heterocycles. The predicted molar refractivity (Wildman–Crippen MR) is 116 cm³/mol. The van der Waals surface area contributed by atoms with Crippen LogP contribution in [0.5, 0.6) is 0 Å². The van der Waals surface area contributed by atoms with E-state index in [4.69, 9.17) is 4.74 Å². The lowest BCUT2D eigenvalue weighted by atomic mass is 9.87. The van der Waals surface area contributed by atoms with E-state index in [1.54, 1.807) is 4.90 Å². The Morgan fingerprint density at radius 1 is 1.00 bits per heavy atom. The van der Waals surface area contributed by atoms with Gasteiger partial charge in [-0.05, 0) is 29.9 Å². The average molecular weight is 408 g/mol. The molecular weight excluding hydrogens is 378 g/mol. The minimum absolute atomic E-state index is 0.0102. The van der Waals surface area contributed by atoms with Crippen LogP contribution >= 0.6 is 0 Å². The lowest BCUT2D eigenvalue weighted by molar-refractivity contribution is -0.152. The Bertz CT molecular complexity index is 889. The van der Waals surface area contributed by atoms with E-state index in [0.717, 1.165) is 17.5 Å². The Morgan fingerprint density at radius 2 is 1.63 bits per heavy atom. The van der Waals surface area contributed by atoms with Crippen molar-refractivity contribution in [3.05, 3.63) is 60.2 Å². The SMILES string of the molecule is COC(=O)[C@@H]1CCCN1C(=O)[C@@H](CC(=O)c1ccc(-c2ccccc2)cc1)C(C)C. The molecule has 1 amide bonds. The first kappa shape index (κ1) is 21.8. The fourth-order valence-corrected chi connectivity index (χ4v) is 4.03. The zero-order valence-electron chi connectivity index (χ0n) is 17.8. The van der Waals surface area contributed by atoms with Crippen LogP contribution in [0.1, 0.15) is 43.5 Å². The summed E-state index contributed by atoms with van der Waals surface area (Å²) in [5.41, 5.74) is 2.73. The summed E-state index contributed by atoms with van der Waals surface area (Å²) in [5.74, 6) is -1.05. The minimum atomic E-state index is -0.538. The van der Waals surface area contributed by atoms with Gasteiger partial charge < -0.3 is 9.64 Å². The Hall–Kier alpha value is -2.95. The number of ether oxygens (including phenoxy) is 1. The first-order chi connectivity index (χ1) is 14.4. The maximum absolute atomic E-state index is 13.2. The minimum Gasteiger partial charge on any atom is -0.467 e. The van der Waals surface area contributed by atoms with Crippen LogP contribution in [0.15, 0.2) is 54.6 Å². The lowest BCUT2D eigenvalue weighted by Gasteiger charge is -2.29. The van der Waals surface area contributed by atoms with Gasteiger partial charge in [0.15, 0.2) is 5.78 Å². The molecule has 5 nitrogen and oxygen atoms in total. The maximum Gasteiger partial charge on any atom is 0.328 e. The van der Waals surface area contributed by atoms with Crippen LogP contribution in [0, 0.1) is 11.8 Å². The Balaban J connectivity index is 1.72. The second-order valence-corrected chi connectivity index (χ2v) is 8.13. The summed E-state index contributed by atoms with van der Waals surface area (Å²) in [6.07, 6.45) is 1.51. The van der Waals surface area contributed by atoms with E-state index < -0.39 is 12.0 Å². The second kappa shape index (κ2) is 9.70. The van der Waals surface area contributed by atoms with Gasteiger partial charge in [0.25, 0.3) is 0 Å². The molecule has 0 unspecified atom stereocenters. The van der Waals surface area contributed by atoms with Gasteiger partial charge >= 0.3 is 5.97 Å². The van der Waals surface area contributed by atoms with Crippen LogP contribution in [0.4, 0.5) is 0 Å². The third-order valence-electron chi connectivity index (χ3n) is 5.85. The molecule has 0 radical (unpaired) electrons. The molecular formula is C25H29NO4. The number of likely N-dealkylation sites (tertiary alicyclic amines) is 1. The van der Waals surface area contributed by atoms with Gasteiger partial charge in [0.1, 0.15) is 6.04 Å². The van der Waals surface area contributed by atoms with Gasteiger partial charge in [-0.3, -0.25) is 9.59 Å². The van der Waals surface area contributed by atoms with Gasteiger partial charge in [0.2, 0.25) is 5.91 Å². The van der Waals surface area contributed by atoms with E-state index in [1.807, 2.05) is 68.4 Å². The van der Waals surface area contributed by atoms with Gasteiger partial charge in [-0.15, -0.1) is 0 Å². The van der Waals surface area contributed by atoms with Gasteiger partial charge in [-0.25, -0.2) is 4.79 Å². The van der Waals surface area contributed by atoms with Crippen molar-refractivity contribution in [1.82, 2.24) is 4.90 Å². The molecule has 0 bridgehead atoms. The fourth-order valence-electron chi connectivity index (χ4n) is 4.03. The Kier molecular flexibility index (Phi) is 7.03. The number of hydrogen-bond donors (Lipinski definition) is 0.